The summed E-state index contributed by atoms with van der Waals surface area (Å²) in [4.78, 5) is 47.3. The van der Waals surface area contributed by atoms with E-state index in [9.17, 15) is 24.3 Å². The van der Waals surface area contributed by atoms with Gasteiger partial charge in [-0.05, 0) is 29.5 Å². The minimum atomic E-state index is -1.08. The number of phenols is 1. The van der Waals surface area contributed by atoms with Gasteiger partial charge in [0.25, 0.3) is 0 Å². The van der Waals surface area contributed by atoms with E-state index in [-0.39, 0.29) is 18.1 Å². The number of nitrogens with one attached hydrogen (secondary N) is 4. The topological polar surface area (TPSA) is 163 Å². The summed E-state index contributed by atoms with van der Waals surface area (Å²) in [6.07, 6.45) is 2.11. The number of carbonyl (C=O) groups excluding carboxylic acids is 4. The van der Waals surface area contributed by atoms with Crippen LogP contribution in [0.4, 0.5) is 4.79 Å². The molecular weight excluding hydrogens is 398 g/mol. The molecule has 0 bridgehead atoms. The van der Waals surface area contributed by atoms with Gasteiger partial charge in [0, 0.05) is 6.54 Å². The van der Waals surface area contributed by atoms with Gasteiger partial charge in [0.05, 0.1) is 6.42 Å². The van der Waals surface area contributed by atoms with Crippen LogP contribution in [0.1, 0.15) is 24.4 Å². The molecule has 2 heterocycles. The first kappa shape index (κ1) is 20.5. The molecule has 10 nitrogen and oxygen atoms in total. The van der Waals surface area contributed by atoms with Crippen LogP contribution in [0, 0.1) is 0 Å². The van der Waals surface area contributed by atoms with Crippen molar-refractivity contribution in [2.24, 2.45) is 5.73 Å². The van der Waals surface area contributed by atoms with Gasteiger partial charge in [0.2, 0.25) is 17.7 Å². The van der Waals surface area contributed by atoms with Gasteiger partial charge in [-0.3, -0.25) is 14.4 Å². The number of benzene rings is 1. The number of aromatic hydroxyl groups is 1. The zero-order chi connectivity index (χ0) is 21.0. The van der Waals surface area contributed by atoms with E-state index >= 15 is 0 Å². The molecule has 1 aromatic carbocycles. The maximum atomic E-state index is 12.7. The van der Waals surface area contributed by atoms with Gasteiger partial charge in [0.15, 0.2) is 0 Å². The van der Waals surface area contributed by atoms with Crippen LogP contribution in [0.3, 0.4) is 0 Å². The van der Waals surface area contributed by atoms with E-state index in [2.05, 4.69) is 21.3 Å². The van der Waals surface area contributed by atoms with Crippen molar-refractivity contribution in [2.45, 2.75) is 29.8 Å². The molecule has 2 aliphatic heterocycles. The molecule has 1 fully saturated rings. The molecule has 2 aliphatic rings. The number of β-lactam (4-membered cyclic amide) rings is 1. The van der Waals surface area contributed by atoms with E-state index in [1.165, 1.54) is 36.0 Å². The first-order valence-corrected chi connectivity index (χ1v) is 9.73. The third-order valence-electron chi connectivity index (χ3n) is 4.54. The lowest BCUT2D eigenvalue weighted by Crippen LogP contribution is -2.63. The zero-order valence-electron chi connectivity index (χ0n) is 15.3. The molecule has 11 heteroatoms. The summed E-state index contributed by atoms with van der Waals surface area (Å²) < 4.78 is 0. The molecule has 29 heavy (non-hydrogen) atoms. The number of carbonyl (C=O) groups is 4. The molecule has 0 aliphatic carbocycles. The van der Waals surface area contributed by atoms with Crippen LogP contribution < -0.4 is 27.0 Å². The third kappa shape index (κ3) is 4.99. The van der Waals surface area contributed by atoms with Crippen molar-refractivity contribution in [2.75, 3.05) is 6.54 Å². The molecule has 5 amide bonds. The molecule has 7 N–H and O–H groups in total. The van der Waals surface area contributed by atoms with Crippen LogP contribution >= 0.6 is 11.8 Å². The van der Waals surface area contributed by atoms with Crippen LogP contribution in [-0.2, 0) is 14.4 Å². The minimum absolute atomic E-state index is 0.00986. The standard InChI is InChI=1S/C18H21N5O5S/c19-17(28)23-18(6-1-7-29-18)8-13(25)22-14(10-2-4-11(24)5-3-10)16(27)21-12-9-20-15(12)26/h1-5,7,12,14,24H,6,8-9H2,(H,20,26)(H,21,27)(H,22,25)(H3,19,23,28)/t12?,14-,18?/m1/s1. The average Bonchev–Trinajstić information content (AvgIpc) is 3.10. The normalized spacial score (nSPS) is 23.4. The molecule has 1 aromatic rings. The van der Waals surface area contributed by atoms with E-state index in [4.69, 9.17) is 5.73 Å². The van der Waals surface area contributed by atoms with E-state index in [0.717, 1.165) is 0 Å². The lowest BCUT2D eigenvalue weighted by atomic mass is 10.0. The second kappa shape index (κ2) is 8.43. The monoisotopic (exact) mass is 419 g/mol. The highest BCUT2D eigenvalue weighted by molar-refractivity contribution is 8.03. The Morgan fingerprint density at radius 1 is 1.31 bits per heavy atom. The molecule has 1 saturated heterocycles. The number of thioether (sulfide) groups is 1. The zero-order valence-corrected chi connectivity index (χ0v) is 16.1. The average molecular weight is 419 g/mol. The van der Waals surface area contributed by atoms with Crippen molar-refractivity contribution in [1.29, 1.82) is 0 Å². The highest BCUT2D eigenvalue weighted by Gasteiger charge is 2.38. The summed E-state index contributed by atoms with van der Waals surface area (Å²) in [5.41, 5.74) is 5.66. The van der Waals surface area contributed by atoms with Crippen molar-refractivity contribution < 1.29 is 24.3 Å². The summed E-state index contributed by atoms with van der Waals surface area (Å²) in [7, 11) is 0. The molecule has 3 atom stereocenters. The SMILES string of the molecule is NC(=O)NC1(CC(=O)N[C@@H](C(=O)NC2CNC2=O)c2ccc(O)cc2)CC=CS1. The van der Waals surface area contributed by atoms with Gasteiger partial charge < -0.3 is 32.1 Å². The number of primary amides is 1. The van der Waals surface area contributed by atoms with Crippen LogP contribution in [0.2, 0.25) is 0 Å². The molecule has 2 unspecified atom stereocenters. The van der Waals surface area contributed by atoms with Gasteiger partial charge in [-0.1, -0.05) is 18.2 Å². The molecule has 0 saturated carbocycles. The third-order valence-corrected chi connectivity index (χ3v) is 5.73. The fourth-order valence-corrected chi connectivity index (χ4v) is 4.04. The predicted octanol–water partition coefficient (Wildman–Crippen LogP) is -0.431. The van der Waals surface area contributed by atoms with Crippen LogP contribution in [0.5, 0.6) is 5.75 Å². The first-order chi connectivity index (χ1) is 13.8. The number of hydrogen-bond acceptors (Lipinski definition) is 6. The van der Waals surface area contributed by atoms with Crippen molar-refractivity contribution in [1.82, 2.24) is 21.3 Å². The van der Waals surface area contributed by atoms with Crippen molar-refractivity contribution in [3.8, 4) is 5.75 Å². The summed E-state index contributed by atoms with van der Waals surface area (Å²) in [6.45, 7) is 0.314. The predicted molar refractivity (Wildman–Crippen MR) is 105 cm³/mol. The Bertz CT molecular complexity index is 849. The second-order valence-corrected chi connectivity index (χ2v) is 8.04. The number of rotatable bonds is 7. The number of nitrogens with two attached hydrogens (primary N) is 1. The Hall–Kier alpha value is -3.21. The van der Waals surface area contributed by atoms with E-state index in [0.29, 0.717) is 18.5 Å². The highest BCUT2D eigenvalue weighted by Crippen LogP contribution is 2.37. The van der Waals surface area contributed by atoms with Crippen LogP contribution in [-0.4, -0.2) is 46.3 Å². The van der Waals surface area contributed by atoms with E-state index in [1.54, 1.807) is 5.41 Å². The maximum absolute atomic E-state index is 12.7. The summed E-state index contributed by atoms with van der Waals surface area (Å²) >= 11 is 1.26. The van der Waals surface area contributed by atoms with Crippen LogP contribution in [0.15, 0.2) is 35.7 Å². The maximum Gasteiger partial charge on any atom is 0.313 e. The van der Waals surface area contributed by atoms with Gasteiger partial charge in [-0.2, -0.15) is 0 Å². The second-order valence-electron chi connectivity index (χ2n) is 6.75. The molecular formula is C18H21N5O5S. The Morgan fingerprint density at radius 2 is 2.03 bits per heavy atom. The Balaban J connectivity index is 1.73. The van der Waals surface area contributed by atoms with Gasteiger partial charge in [0.1, 0.15) is 22.7 Å². The smallest absolute Gasteiger partial charge is 0.313 e. The first-order valence-electron chi connectivity index (χ1n) is 8.85. The summed E-state index contributed by atoms with van der Waals surface area (Å²) in [5.74, 6) is -1.33. The number of hydrogen-bond donors (Lipinski definition) is 6. The van der Waals surface area contributed by atoms with E-state index in [1.807, 2.05) is 6.08 Å². The fraction of sp³-hybridized carbons (Fsp3) is 0.333. The Labute approximate surface area is 170 Å². The molecule has 3 rings (SSSR count). The van der Waals surface area contributed by atoms with Crippen molar-refractivity contribution >= 4 is 35.5 Å². The lowest BCUT2D eigenvalue weighted by molar-refractivity contribution is -0.135. The highest BCUT2D eigenvalue weighted by atomic mass is 32.2. The quantitative estimate of drug-likeness (QED) is 0.329. The number of phenolic OH excluding ortho intramolecular Hbond substituents is 1. The van der Waals surface area contributed by atoms with Gasteiger partial charge in [-0.15, -0.1) is 11.8 Å². The molecule has 154 valence electrons. The largest absolute Gasteiger partial charge is 0.508 e. The summed E-state index contributed by atoms with van der Waals surface area (Å²) in [5, 5.41) is 21.6. The number of urea groups is 1. The van der Waals surface area contributed by atoms with Crippen molar-refractivity contribution in [3.63, 3.8) is 0 Å². The van der Waals surface area contributed by atoms with Gasteiger partial charge in [-0.25, -0.2) is 4.79 Å². The molecule has 0 aromatic heterocycles. The van der Waals surface area contributed by atoms with Crippen LogP contribution in [0.25, 0.3) is 0 Å². The minimum Gasteiger partial charge on any atom is -0.508 e. The molecule has 0 spiro atoms. The lowest BCUT2D eigenvalue weighted by Gasteiger charge is -2.30. The fourth-order valence-electron chi connectivity index (χ4n) is 3.03. The number of amides is 5. The summed E-state index contributed by atoms with van der Waals surface area (Å²) in [6, 6.07) is 3.31. The van der Waals surface area contributed by atoms with Gasteiger partial charge >= 0.3 is 6.03 Å². The van der Waals surface area contributed by atoms with Crippen molar-refractivity contribution in [3.05, 3.63) is 41.3 Å². The Morgan fingerprint density at radius 3 is 2.55 bits per heavy atom. The Kier molecular flexibility index (Phi) is 5.97. The van der Waals surface area contributed by atoms with E-state index < -0.39 is 34.8 Å². The molecule has 0 radical (unpaired) electrons.